The Balaban J connectivity index is 0.00000208. The van der Waals surface area contributed by atoms with E-state index in [4.69, 9.17) is 9.47 Å². The Morgan fingerprint density at radius 2 is 1.92 bits per heavy atom. The van der Waals surface area contributed by atoms with Crippen LogP contribution < -0.4 is 4.74 Å². The highest BCUT2D eigenvalue weighted by atomic mass is 35.5. The zero-order valence-electron chi connectivity index (χ0n) is 13.7. The van der Waals surface area contributed by atoms with Crippen molar-refractivity contribution in [1.29, 1.82) is 0 Å². The van der Waals surface area contributed by atoms with Crippen LogP contribution in [0.4, 0.5) is 4.39 Å². The first-order valence-electron chi connectivity index (χ1n) is 7.50. The first-order chi connectivity index (χ1) is 11.2. The lowest BCUT2D eigenvalue weighted by molar-refractivity contribution is 0.187. The Labute approximate surface area is 146 Å². The van der Waals surface area contributed by atoms with Crippen molar-refractivity contribution in [3.8, 4) is 5.88 Å². The summed E-state index contributed by atoms with van der Waals surface area (Å²) in [5.41, 5.74) is 3.00. The third kappa shape index (κ3) is 3.86. The molecule has 4 nitrogen and oxygen atoms in total. The average Bonchev–Trinajstić information content (AvgIpc) is 2.88. The van der Waals surface area contributed by atoms with Crippen LogP contribution in [0, 0.1) is 12.7 Å². The van der Waals surface area contributed by atoms with E-state index in [9.17, 15) is 4.39 Å². The Kier molecular flexibility index (Phi) is 6.17. The molecule has 2 heterocycles. The second-order valence-electron chi connectivity index (χ2n) is 5.40. The van der Waals surface area contributed by atoms with Crippen molar-refractivity contribution in [3.05, 3.63) is 59.7 Å². The summed E-state index contributed by atoms with van der Waals surface area (Å²) in [6.07, 6.45) is 1.74. The number of aryl methyl sites for hydroxylation is 1. The maximum absolute atomic E-state index is 13.0. The lowest BCUT2D eigenvalue weighted by Gasteiger charge is -2.11. The monoisotopic (exact) mass is 350 g/mol. The molecule has 0 unspecified atom stereocenters. The van der Waals surface area contributed by atoms with E-state index in [1.807, 2.05) is 6.07 Å². The van der Waals surface area contributed by atoms with E-state index in [0.717, 1.165) is 28.7 Å². The van der Waals surface area contributed by atoms with Crippen LogP contribution in [0.25, 0.3) is 10.9 Å². The van der Waals surface area contributed by atoms with Crippen LogP contribution >= 0.6 is 12.4 Å². The van der Waals surface area contributed by atoms with Gasteiger partial charge in [-0.2, -0.15) is 0 Å². The maximum Gasteiger partial charge on any atom is 0.238 e. The number of aromatic nitrogens is 2. The molecule has 0 spiro atoms. The number of benzene rings is 1. The molecule has 3 aromatic rings. The molecular weight excluding hydrogens is 331 g/mol. The van der Waals surface area contributed by atoms with E-state index >= 15 is 0 Å². The van der Waals surface area contributed by atoms with Gasteiger partial charge in [0.05, 0.1) is 6.61 Å². The lowest BCUT2D eigenvalue weighted by Crippen LogP contribution is -2.07. The topological polar surface area (TPSA) is 36.3 Å². The highest BCUT2D eigenvalue weighted by molar-refractivity contribution is 5.85. The van der Waals surface area contributed by atoms with E-state index in [1.165, 1.54) is 12.1 Å². The number of halogens is 2. The second-order valence-corrected chi connectivity index (χ2v) is 5.40. The number of nitrogens with zero attached hydrogens (tertiary/aromatic N) is 2. The molecule has 0 radical (unpaired) electrons. The van der Waals surface area contributed by atoms with Crippen LogP contribution in [0.3, 0.4) is 0 Å². The fourth-order valence-corrected chi connectivity index (χ4v) is 2.62. The van der Waals surface area contributed by atoms with Gasteiger partial charge in [0.15, 0.2) is 0 Å². The van der Waals surface area contributed by atoms with Crippen molar-refractivity contribution in [3.63, 3.8) is 0 Å². The first kappa shape index (κ1) is 18.2. The Bertz CT molecular complexity index is 803. The molecule has 0 amide bonds. The minimum Gasteiger partial charge on any atom is -0.471 e. The SMILES string of the molecule is COCCn1c(C)cc2ccnc(OCc3ccc(F)cc3)c21.Cl. The van der Waals surface area contributed by atoms with Crippen molar-refractivity contribution in [2.45, 2.75) is 20.1 Å². The molecule has 0 bridgehead atoms. The van der Waals surface area contributed by atoms with Gasteiger partial charge in [0.1, 0.15) is 17.9 Å². The molecule has 0 aliphatic carbocycles. The normalized spacial score (nSPS) is 10.6. The molecule has 0 N–H and O–H groups in total. The summed E-state index contributed by atoms with van der Waals surface area (Å²) >= 11 is 0. The number of ether oxygens (including phenoxy) is 2. The average molecular weight is 351 g/mol. The van der Waals surface area contributed by atoms with Crippen LogP contribution in [0.1, 0.15) is 11.3 Å². The molecule has 2 aromatic heterocycles. The number of methoxy groups -OCH3 is 1. The predicted molar refractivity (Wildman–Crippen MR) is 94.3 cm³/mol. The summed E-state index contributed by atoms with van der Waals surface area (Å²) in [7, 11) is 1.69. The zero-order chi connectivity index (χ0) is 16.2. The summed E-state index contributed by atoms with van der Waals surface area (Å²) in [4.78, 5) is 4.36. The smallest absolute Gasteiger partial charge is 0.238 e. The third-order valence-electron chi connectivity index (χ3n) is 3.79. The molecule has 1 aromatic carbocycles. The molecule has 0 saturated heterocycles. The fraction of sp³-hybridized carbons (Fsp3) is 0.278. The maximum atomic E-state index is 13.0. The highest BCUT2D eigenvalue weighted by Gasteiger charge is 2.12. The number of rotatable bonds is 6. The molecular formula is C18H20ClFN2O2. The minimum atomic E-state index is -0.252. The van der Waals surface area contributed by atoms with Gasteiger partial charge >= 0.3 is 0 Å². The van der Waals surface area contributed by atoms with E-state index in [0.29, 0.717) is 19.1 Å². The Hall–Kier alpha value is -2.11. The van der Waals surface area contributed by atoms with Crippen molar-refractivity contribution in [2.75, 3.05) is 13.7 Å². The lowest BCUT2D eigenvalue weighted by atomic mass is 10.2. The van der Waals surface area contributed by atoms with E-state index in [-0.39, 0.29) is 18.2 Å². The molecule has 24 heavy (non-hydrogen) atoms. The number of hydrogen-bond donors (Lipinski definition) is 0. The van der Waals surface area contributed by atoms with Gasteiger partial charge in [-0.3, -0.25) is 0 Å². The zero-order valence-corrected chi connectivity index (χ0v) is 14.5. The van der Waals surface area contributed by atoms with Crippen LogP contribution in [-0.4, -0.2) is 23.3 Å². The van der Waals surface area contributed by atoms with Crippen LogP contribution in [0.5, 0.6) is 5.88 Å². The molecule has 3 rings (SSSR count). The molecule has 6 heteroatoms. The van der Waals surface area contributed by atoms with Crippen molar-refractivity contribution >= 4 is 23.3 Å². The molecule has 0 aliphatic heterocycles. The van der Waals surface area contributed by atoms with Gasteiger partial charge in [-0.15, -0.1) is 12.4 Å². The fourth-order valence-electron chi connectivity index (χ4n) is 2.62. The largest absolute Gasteiger partial charge is 0.471 e. The predicted octanol–water partition coefficient (Wildman–Crippen LogP) is 4.13. The van der Waals surface area contributed by atoms with Gasteiger partial charge in [0.2, 0.25) is 5.88 Å². The summed E-state index contributed by atoms with van der Waals surface area (Å²) in [6.45, 7) is 3.77. The van der Waals surface area contributed by atoms with E-state index < -0.39 is 0 Å². The summed E-state index contributed by atoms with van der Waals surface area (Å²) in [6, 6.07) is 10.4. The van der Waals surface area contributed by atoms with Crippen molar-refractivity contribution in [1.82, 2.24) is 9.55 Å². The number of fused-ring (bicyclic) bond motifs is 1. The third-order valence-corrected chi connectivity index (χ3v) is 3.79. The van der Waals surface area contributed by atoms with Gasteiger partial charge in [0, 0.05) is 30.9 Å². The summed E-state index contributed by atoms with van der Waals surface area (Å²) < 4.78 is 26.2. The van der Waals surface area contributed by atoms with E-state index in [1.54, 1.807) is 25.4 Å². The standard InChI is InChI=1S/C18H19FN2O2.ClH/c1-13-11-15-7-8-20-18(17(15)21(13)9-10-22-2)23-12-14-3-5-16(19)6-4-14;/h3-8,11H,9-10,12H2,1-2H3;1H. The van der Waals surface area contributed by atoms with Crippen molar-refractivity contribution < 1.29 is 13.9 Å². The molecule has 128 valence electrons. The quantitative estimate of drug-likeness (QED) is 0.670. The van der Waals surface area contributed by atoms with Gasteiger partial charge in [-0.25, -0.2) is 9.37 Å². The second kappa shape index (κ2) is 8.13. The van der Waals surface area contributed by atoms with Gasteiger partial charge in [-0.1, -0.05) is 12.1 Å². The van der Waals surface area contributed by atoms with Gasteiger partial charge in [0.25, 0.3) is 0 Å². The summed E-state index contributed by atoms with van der Waals surface area (Å²) in [5.74, 6) is 0.328. The minimum absolute atomic E-state index is 0. The first-order valence-corrected chi connectivity index (χ1v) is 7.50. The summed E-state index contributed by atoms with van der Waals surface area (Å²) in [5, 5.41) is 1.09. The van der Waals surface area contributed by atoms with Crippen molar-refractivity contribution in [2.24, 2.45) is 0 Å². The molecule has 0 saturated carbocycles. The Morgan fingerprint density at radius 1 is 1.17 bits per heavy atom. The van der Waals surface area contributed by atoms with E-state index in [2.05, 4.69) is 22.5 Å². The number of pyridine rings is 1. The molecule has 0 atom stereocenters. The Morgan fingerprint density at radius 3 is 2.62 bits per heavy atom. The highest BCUT2D eigenvalue weighted by Crippen LogP contribution is 2.27. The molecule has 0 aliphatic rings. The van der Waals surface area contributed by atoms with Gasteiger partial charge in [-0.05, 0) is 36.8 Å². The molecule has 0 fully saturated rings. The van der Waals surface area contributed by atoms with Crippen LogP contribution in [-0.2, 0) is 17.9 Å². The van der Waals surface area contributed by atoms with Crippen LogP contribution in [0.2, 0.25) is 0 Å². The number of hydrogen-bond acceptors (Lipinski definition) is 3. The van der Waals surface area contributed by atoms with Gasteiger partial charge < -0.3 is 14.0 Å². The van der Waals surface area contributed by atoms with Crippen LogP contribution in [0.15, 0.2) is 42.6 Å².